The van der Waals surface area contributed by atoms with Crippen molar-refractivity contribution in [2.75, 3.05) is 32.6 Å². The first-order valence-electron chi connectivity index (χ1n) is 12.7. The van der Waals surface area contributed by atoms with Gasteiger partial charge in [-0.25, -0.2) is 0 Å². The number of nitriles is 1. The summed E-state index contributed by atoms with van der Waals surface area (Å²) in [6, 6.07) is 13.7. The van der Waals surface area contributed by atoms with E-state index < -0.39 is 5.41 Å². The number of hydrogen-bond donors (Lipinski definition) is 1. The number of carbonyl (C=O) groups excluding carboxylic acids is 1. The number of amides is 1. The van der Waals surface area contributed by atoms with E-state index in [0.29, 0.717) is 36.9 Å². The number of nitrogens with zero attached hydrogens (tertiary/aromatic N) is 5. The summed E-state index contributed by atoms with van der Waals surface area (Å²) in [5, 5.41) is 16.5. The summed E-state index contributed by atoms with van der Waals surface area (Å²) in [7, 11) is 3.86. The Kier molecular flexibility index (Phi) is 7.07. The number of likely N-dealkylation sites (N-methyl/N-ethyl adjacent to an activating group) is 1. The summed E-state index contributed by atoms with van der Waals surface area (Å²) in [5.41, 5.74) is 2.73. The van der Waals surface area contributed by atoms with E-state index in [2.05, 4.69) is 50.8 Å². The van der Waals surface area contributed by atoms with E-state index in [4.69, 9.17) is 9.26 Å². The summed E-state index contributed by atoms with van der Waals surface area (Å²) in [4.78, 5) is 24.6. The molecule has 0 radical (unpaired) electrons. The quantitative estimate of drug-likeness (QED) is 0.451. The van der Waals surface area contributed by atoms with Crippen LogP contribution < -0.4 is 10.1 Å². The fourth-order valence-corrected chi connectivity index (χ4v) is 4.52. The minimum Gasteiger partial charge on any atom is -0.475 e. The van der Waals surface area contributed by atoms with Crippen LogP contribution in [0.4, 0.5) is 5.82 Å². The summed E-state index contributed by atoms with van der Waals surface area (Å²) in [6.45, 7) is 2.71. The van der Waals surface area contributed by atoms with Crippen LogP contribution in [0.15, 0.2) is 59.1 Å². The van der Waals surface area contributed by atoms with Crippen LogP contribution in [-0.4, -0.2) is 53.2 Å². The van der Waals surface area contributed by atoms with Gasteiger partial charge in [-0.1, -0.05) is 47.7 Å². The van der Waals surface area contributed by atoms with Gasteiger partial charge in [-0.2, -0.15) is 15.2 Å². The minimum atomic E-state index is -1.18. The summed E-state index contributed by atoms with van der Waals surface area (Å²) in [6.07, 6.45) is 8.66. The molecule has 0 spiro atoms. The van der Waals surface area contributed by atoms with E-state index in [0.717, 1.165) is 5.57 Å². The van der Waals surface area contributed by atoms with Crippen molar-refractivity contribution >= 4 is 17.3 Å². The molecule has 1 aromatic carbocycles. The number of rotatable bonds is 9. The molecule has 38 heavy (non-hydrogen) atoms. The zero-order chi connectivity index (χ0) is 26.7. The van der Waals surface area contributed by atoms with Crippen molar-refractivity contribution in [3.63, 3.8) is 0 Å². The molecule has 1 unspecified atom stereocenters. The zero-order valence-electron chi connectivity index (χ0n) is 21.8. The highest BCUT2D eigenvalue weighted by atomic mass is 16.5. The van der Waals surface area contributed by atoms with Crippen LogP contribution >= 0.6 is 0 Å². The fourth-order valence-electron chi connectivity index (χ4n) is 4.52. The Morgan fingerprint density at radius 1 is 1.24 bits per heavy atom. The predicted molar refractivity (Wildman–Crippen MR) is 142 cm³/mol. The van der Waals surface area contributed by atoms with Gasteiger partial charge in [0.15, 0.2) is 5.82 Å². The standard InChI is InChI=1S/C29H30N6O3/c1-19-31-27(34-38-19)29(14-12-21(13-15-29)24-7-5-4-6-23(24)20-8-9-20)28(36)33-25-11-10-22(18-30)26(32-25)37-17-16-35(2)3/h4-7,10-14,20H,8-9,15-17H2,1-3H3,(H,32,33,36). The Labute approximate surface area is 221 Å². The Morgan fingerprint density at radius 2 is 2.05 bits per heavy atom. The molecule has 1 saturated carbocycles. The van der Waals surface area contributed by atoms with Gasteiger partial charge < -0.3 is 19.5 Å². The molecule has 9 heteroatoms. The Hall–Kier alpha value is -4.29. The lowest BCUT2D eigenvalue weighted by Crippen LogP contribution is -2.40. The Bertz CT molecular complexity index is 1450. The van der Waals surface area contributed by atoms with Gasteiger partial charge in [0.25, 0.3) is 0 Å². The van der Waals surface area contributed by atoms with Crippen molar-refractivity contribution < 1.29 is 14.1 Å². The fraction of sp³-hybridized carbons (Fsp3) is 0.345. The number of nitrogens with one attached hydrogen (secondary N) is 1. The topological polar surface area (TPSA) is 117 Å². The molecular weight excluding hydrogens is 480 g/mol. The van der Waals surface area contributed by atoms with E-state index in [9.17, 15) is 10.1 Å². The number of allylic oxidation sites excluding steroid dienone is 3. The number of benzene rings is 1. The first kappa shape index (κ1) is 25.4. The molecule has 0 saturated heterocycles. The smallest absolute Gasteiger partial charge is 0.243 e. The van der Waals surface area contributed by atoms with Crippen LogP contribution in [0.3, 0.4) is 0 Å². The van der Waals surface area contributed by atoms with Crippen LogP contribution in [0.5, 0.6) is 5.88 Å². The highest BCUT2D eigenvalue weighted by Gasteiger charge is 2.43. The van der Waals surface area contributed by atoms with E-state index >= 15 is 0 Å². The molecule has 194 valence electrons. The summed E-state index contributed by atoms with van der Waals surface area (Å²) in [5.74, 6) is 1.36. The number of aryl methyl sites for hydroxylation is 1. The van der Waals surface area contributed by atoms with Gasteiger partial charge in [0, 0.05) is 13.5 Å². The van der Waals surface area contributed by atoms with Crippen LogP contribution in [0.2, 0.25) is 0 Å². The maximum absolute atomic E-state index is 13.8. The van der Waals surface area contributed by atoms with Gasteiger partial charge in [-0.15, -0.1) is 0 Å². The number of ether oxygens (including phenoxy) is 1. The zero-order valence-corrected chi connectivity index (χ0v) is 21.8. The molecule has 1 atom stereocenters. The number of hydrogen-bond acceptors (Lipinski definition) is 8. The molecule has 1 N–H and O–H groups in total. The van der Waals surface area contributed by atoms with Gasteiger partial charge in [-0.05, 0) is 68.1 Å². The van der Waals surface area contributed by atoms with Gasteiger partial charge in [-0.3, -0.25) is 4.79 Å². The van der Waals surface area contributed by atoms with Gasteiger partial charge in [0.05, 0.1) is 0 Å². The van der Waals surface area contributed by atoms with E-state index in [1.165, 1.54) is 24.0 Å². The maximum Gasteiger partial charge on any atom is 0.243 e. The molecule has 9 nitrogen and oxygen atoms in total. The highest BCUT2D eigenvalue weighted by molar-refractivity contribution is 6.01. The molecule has 2 aromatic heterocycles. The third kappa shape index (κ3) is 5.22. The van der Waals surface area contributed by atoms with Gasteiger partial charge >= 0.3 is 0 Å². The second kappa shape index (κ2) is 10.6. The van der Waals surface area contributed by atoms with Crippen LogP contribution in [0.25, 0.3) is 5.57 Å². The van der Waals surface area contributed by atoms with E-state index in [-0.39, 0.29) is 23.4 Å². The lowest BCUT2D eigenvalue weighted by molar-refractivity contribution is -0.120. The van der Waals surface area contributed by atoms with Gasteiger partial charge in [0.2, 0.25) is 17.7 Å². The van der Waals surface area contributed by atoms with Crippen LogP contribution in [0.1, 0.15) is 53.6 Å². The largest absolute Gasteiger partial charge is 0.475 e. The van der Waals surface area contributed by atoms with E-state index in [1.807, 2.05) is 37.2 Å². The lowest BCUT2D eigenvalue weighted by atomic mass is 9.77. The van der Waals surface area contributed by atoms with Crippen LogP contribution in [-0.2, 0) is 10.2 Å². The monoisotopic (exact) mass is 510 g/mol. The molecule has 2 aliphatic carbocycles. The number of carbonyl (C=O) groups is 1. The second-order valence-corrected chi connectivity index (χ2v) is 9.93. The summed E-state index contributed by atoms with van der Waals surface area (Å²) < 4.78 is 11.0. The average molecular weight is 511 g/mol. The number of aromatic nitrogens is 3. The molecular formula is C29H30N6O3. The molecule has 3 aromatic rings. The first-order valence-corrected chi connectivity index (χ1v) is 12.7. The predicted octanol–water partition coefficient (Wildman–Crippen LogP) is 4.38. The van der Waals surface area contributed by atoms with Gasteiger partial charge in [0.1, 0.15) is 29.5 Å². The number of pyridine rings is 1. The van der Waals surface area contributed by atoms with Crippen molar-refractivity contribution in [1.82, 2.24) is 20.0 Å². The molecule has 2 heterocycles. The maximum atomic E-state index is 13.8. The Balaban J connectivity index is 1.42. The minimum absolute atomic E-state index is 0.176. The third-order valence-electron chi connectivity index (χ3n) is 6.81. The van der Waals surface area contributed by atoms with Crippen LogP contribution in [0, 0.1) is 18.3 Å². The summed E-state index contributed by atoms with van der Waals surface area (Å²) >= 11 is 0. The highest BCUT2D eigenvalue weighted by Crippen LogP contribution is 2.45. The molecule has 0 aliphatic heterocycles. The SMILES string of the molecule is Cc1nc(C2(C(=O)Nc3ccc(C#N)c(OCCN(C)C)n3)C=CC(c3ccccc3C3CC3)=CC2)no1. The van der Waals surface area contributed by atoms with Crippen molar-refractivity contribution in [2.24, 2.45) is 0 Å². The molecule has 0 bridgehead atoms. The average Bonchev–Trinajstić information content (AvgIpc) is 3.68. The molecule has 5 rings (SSSR count). The molecule has 1 amide bonds. The lowest BCUT2D eigenvalue weighted by Gasteiger charge is -2.28. The molecule has 2 aliphatic rings. The van der Waals surface area contributed by atoms with Crippen molar-refractivity contribution in [1.29, 1.82) is 5.26 Å². The number of anilines is 1. The van der Waals surface area contributed by atoms with Crippen molar-refractivity contribution in [2.45, 2.75) is 37.5 Å². The van der Waals surface area contributed by atoms with E-state index in [1.54, 1.807) is 19.1 Å². The second-order valence-electron chi connectivity index (χ2n) is 9.93. The van der Waals surface area contributed by atoms with Crippen molar-refractivity contribution in [3.8, 4) is 11.9 Å². The Morgan fingerprint density at radius 3 is 2.71 bits per heavy atom. The third-order valence-corrected chi connectivity index (χ3v) is 6.81. The van der Waals surface area contributed by atoms with Crippen molar-refractivity contribution in [3.05, 3.63) is 83.0 Å². The molecule has 1 fully saturated rings. The normalized spacial score (nSPS) is 18.7. The first-order chi connectivity index (χ1) is 18.4.